The zero-order chi connectivity index (χ0) is 11.5. The second kappa shape index (κ2) is 4.48. The smallest absolute Gasteiger partial charge is 0.396 e. The Morgan fingerprint density at radius 3 is 2.67 bits per heavy atom. The second-order valence-electron chi connectivity index (χ2n) is 2.91. The highest BCUT2D eigenvalue weighted by Gasteiger charge is 2.32. The van der Waals surface area contributed by atoms with Crippen molar-refractivity contribution in [2.45, 2.75) is 19.2 Å². The number of methoxy groups -OCH3 is 1. The molecule has 1 heterocycles. The quantitative estimate of drug-likeness (QED) is 0.735. The highest BCUT2D eigenvalue weighted by atomic mass is 19.4. The summed E-state index contributed by atoms with van der Waals surface area (Å²) in [5.74, 6) is -1.05. The first-order valence-electron chi connectivity index (χ1n) is 4.10. The maximum atomic E-state index is 11.9. The summed E-state index contributed by atoms with van der Waals surface area (Å²) in [6.45, 7) is 0.124. The van der Waals surface area contributed by atoms with Crippen LogP contribution in [0.4, 0.5) is 13.2 Å². The highest BCUT2D eigenvalue weighted by molar-refractivity contribution is 5.93. The number of alkyl halides is 3. The minimum absolute atomic E-state index is 0.124. The molecule has 1 rings (SSSR count). The van der Waals surface area contributed by atoms with Crippen molar-refractivity contribution in [1.82, 2.24) is 0 Å². The van der Waals surface area contributed by atoms with Gasteiger partial charge in [-0.1, -0.05) is 0 Å². The summed E-state index contributed by atoms with van der Waals surface area (Å²) in [6, 6.07) is 2.62. The number of rotatable bonds is 4. The van der Waals surface area contributed by atoms with Gasteiger partial charge in [0.1, 0.15) is 18.8 Å². The minimum Gasteiger partial charge on any atom is -0.456 e. The van der Waals surface area contributed by atoms with Crippen LogP contribution in [0, 0.1) is 0 Å². The zero-order valence-corrected chi connectivity index (χ0v) is 7.93. The Morgan fingerprint density at radius 1 is 1.47 bits per heavy atom. The number of hydrogen-bond donors (Lipinski definition) is 0. The van der Waals surface area contributed by atoms with Crippen LogP contribution in [-0.4, -0.2) is 19.1 Å². The first kappa shape index (κ1) is 11.8. The second-order valence-corrected chi connectivity index (χ2v) is 2.91. The van der Waals surface area contributed by atoms with E-state index >= 15 is 0 Å². The number of furan rings is 1. The fraction of sp³-hybridized carbons (Fsp3) is 0.444. The lowest BCUT2D eigenvalue weighted by atomic mass is 10.2. The third-order valence-corrected chi connectivity index (χ3v) is 1.58. The average Bonchev–Trinajstić information content (AvgIpc) is 2.50. The molecule has 0 N–H and O–H groups in total. The fourth-order valence-electron chi connectivity index (χ4n) is 1.02. The number of halogens is 3. The molecule has 0 atom stereocenters. The average molecular weight is 222 g/mol. The molecule has 0 saturated carbocycles. The lowest BCUT2D eigenvalue weighted by Crippen LogP contribution is -2.14. The third-order valence-electron chi connectivity index (χ3n) is 1.58. The van der Waals surface area contributed by atoms with Gasteiger partial charge < -0.3 is 9.15 Å². The summed E-state index contributed by atoms with van der Waals surface area (Å²) in [7, 11) is 1.42. The van der Waals surface area contributed by atoms with Gasteiger partial charge in [0.25, 0.3) is 0 Å². The standard InChI is InChI=1S/C9H9F3O3/c1-14-5-6-2-3-8(15-6)7(13)4-9(10,11)12/h2-3H,4-5H2,1H3. The Labute approximate surface area is 83.8 Å². The predicted octanol–water partition coefficient (Wildman–Crippen LogP) is 2.56. The van der Waals surface area contributed by atoms with E-state index in [0.29, 0.717) is 5.76 Å². The SMILES string of the molecule is COCc1ccc(C(=O)CC(F)(F)F)o1. The summed E-state index contributed by atoms with van der Waals surface area (Å²) in [5.41, 5.74) is 0. The molecule has 1 aromatic heterocycles. The number of ketones is 1. The van der Waals surface area contributed by atoms with Gasteiger partial charge in [0.2, 0.25) is 5.78 Å². The minimum atomic E-state index is -4.51. The van der Waals surface area contributed by atoms with Gasteiger partial charge in [-0.15, -0.1) is 0 Å². The normalized spacial score (nSPS) is 11.7. The molecule has 3 nitrogen and oxygen atoms in total. The molecule has 0 unspecified atom stereocenters. The van der Waals surface area contributed by atoms with E-state index in [9.17, 15) is 18.0 Å². The van der Waals surface area contributed by atoms with Crippen LogP contribution in [0.15, 0.2) is 16.5 Å². The van der Waals surface area contributed by atoms with Crippen LogP contribution >= 0.6 is 0 Å². The molecule has 0 aliphatic rings. The van der Waals surface area contributed by atoms with Crippen LogP contribution in [0.5, 0.6) is 0 Å². The van der Waals surface area contributed by atoms with Gasteiger partial charge in [0.15, 0.2) is 5.76 Å². The first-order valence-corrected chi connectivity index (χ1v) is 4.10. The summed E-state index contributed by atoms with van der Waals surface area (Å²) >= 11 is 0. The van der Waals surface area contributed by atoms with Crippen molar-refractivity contribution >= 4 is 5.78 Å². The molecule has 0 radical (unpaired) electrons. The van der Waals surface area contributed by atoms with Crippen molar-refractivity contribution in [3.63, 3.8) is 0 Å². The van der Waals surface area contributed by atoms with Crippen LogP contribution in [-0.2, 0) is 11.3 Å². The summed E-state index contributed by atoms with van der Waals surface area (Å²) in [6.07, 6.45) is -6.02. The van der Waals surface area contributed by atoms with E-state index in [1.807, 2.05) is 0 Å². The monoisotopic (exact) mass is 222 g/mol. The van der Waals surface area contributed by atoms with E-state index in [1.54, 1.807) is 0 Å². The third kappa shape index (κ3) is 3.75. The maximum absolute atomic E-state index is 11.9. The van der Waals surface area contributed by atoms with E-state index in [4.69, 9.17) is 9.15 Å². The molecular formula is C9H9F3O3. The van der Waals surface area contributed by atoms with Gasteiger partial charge in [-0.3, -0.25) is 4.79 Å². The largest absolute Gasteiger partial charge is 0.456 e. The van der Waals surface area contributed by atoms with Crippen LogP contribution in [0.1, 0.15) is 22.7 Å². The molecule has 0 aromatic carbocycles. The molecule has 1 aromatic rings. The summed E-state index contributed by atoms with van der Waals surface area (Å²) < 4.78 is 45.1. The molecular weight excluding hydrogens is 213 g/mol. The Kier molecular flexibility index (Phi) is 3.52. The molecule has 0 aliphatic carbocycles. The highest BCUT2D eigenvalue weighted by Crippen LogP contribution is 2.23. The summed E-state index contributed by atoms with van der Waals surface area (Å²) in [4.78, 5) is 11.0. The number of carbonyl (C=O) groups excluding carboxylic acids is 1. The van der Waals surface area contributed by atoms with Crippen LogP contribution in [0.2, 0.25) is 0 Å². The van der Waals surface area contributed by atoms with Crippen LogP contribution < -0.4 is 0 Å². The van der Waals surface area contributed by atoms with Gasteiger partial charge in [0.05, 0.1) is 0 Å². The van der Waals surface area contributed by atoms with Gasteiger partial charge in [-0.05, 0) is 12.1 Å². The molecule has 84 valence electrons. The van der Waals surface area contributed by atoms with Crippen molar-refractivity contribution in [2.24, 2.45) is 0 Å². The zero-order valence-electron chi connectivity index (χ0n) is 7.93. The van der Waals surface area contributed by atoms with E-state index in [0.717, 1.165) is 0 Å². The predicted molar refractivity (Wildman–Crippen MR) is 44.4 cm³/mol. The van der Waals surface area contributed by atoms with Gasteiger partial charge in [0, 0.05) is 7.11 Å². The van der Waals surface area contributed by atoms with E-state index < -0.39 is 18.4 Å². The molecule has 0 spiro atoms. The van der Waals surface area contributed by atoms with E-state index in [-0.39, 0.29) is 12.4 Å². The lowest BCUT2D eigenvalue weighted by Gasteiger charge is -2.02. The van der Waals surface area contributed by atoms with Gasteiger partial charge in [-0.25, -0.2) is 0 Å². The fourth-order valence-corrected chi connectivity index (χ4v) is 1.02. The molecule has 0 amide bonds. The summed E-state index contributed by atoms with van der Waals surface area (Å²) in [5, 5.41) is 0. The van der Waals surface area contributed by atoms with Crippen molar-refractivity contribution < 1.29 is 27.1 Å². The Hall–Kier alpha value is -1.30. The topological polar surface area (TPSA) is 39.4 Å². The Balaban J connectivity index is 2.66. The van der Waals surface area contributed by atoms with Gasteiger partial charge in [-0.2, -0.15) is 13.2 Å². The molecule has 0 saturated heterocycles. The number of hydrogen-bond acceptors (Lipinski definition) is 3. The lowest BCUT2D eigenvalue weighted by molar-refractivity contribution is -0.125. The van der Waals surface area contributed by atoms with Gasteiger partial charge >= 0.3 is 6.18 Å². The maximum Gasteiger partial charge on any atom is 0.396 e. The molecule has 15 heavy (non-hydrogen) atoms. The Bertz CT molecular complexity index is 341. The Morgan fingerprint density at radius 2 is 2.13 bits per heavy atom. The van der Waals surface area contributed by atoms with Crippen LogP contribution in [0.3, 0.4) is 0 Å². The van der Waals surface area contributed by atoms with Crippen molar-refractivity contribution in [2.75, 3.05) is 7.11 Å². The first-order chi connectivity index (χ1) is 6.92. The molecule has 0 bridgehead atoms. The number of Topliss-reactive ketones (excluding diaryl/α,β-unsaturated/α-hetero) is 1. The number of carbonyl (C=O) groups is 1. The van der Waals surface area contributed by atoms with Crippen molar-refractivity contribution in [3.05, 3.63) is 23.7 Å². The van der Waals surface area contributed by atoms with Crippen LogP contribution in [0.25, 0.3) is 0 Å². The van der Waals surface area contributed by atoms with Crippen molar-refractivity contribution in [1.29, 1.82) is 0 Å². The molecule has 6 heteroatoms. The van der Waals surface area contributed by atoms with E-state index in [1.165, 1.54) is 19.2 Å². The molecule has 0 fully saturated rings. The number of ether oxygens (including phenoxy) is 1. The van der Waals surface area contributed by atoms with Crippen molar-refractivity contribution in [3.8, 4) is 0 Å². The molecule has 0 aliphatic heterocycles. The van der Waals surface area contributed by atoms with E-state index in [2.05, 4.69) is 0 Å².